The Morgan fingerprint density at radius 1 is 1.09 bits per heavy atom. The molecule has 4 heterocycles. The van der Waals surface area contributed by atoms with Crippen LogP contribution >= 0.6 is 0 Å². The SMILES string of the molecule is CN1CNNC1CC1(C2CCCC(NC(=O)C3CC(CN4CCC4)NC(C4CC4)N3)C2)COC1. The zero-order valence-corrected chi connectivity index (χ0v) is 20.9. The molecule has 6 unspecified atom stereocenters. The fraction of sp³-hybridized carbons (Fsp3) is 0.960. The van der Waals surface area contributed by atoms with Crippen LogP contribution in [0.25, 0.3) is 0 Å². The molecular formula is C25H45N7O2. The quantitative estimate of drug-likeness (QED) is 0.339. The van der Waals surface area contributed by atoms with E-state index in [4.69, 9.17) is 4.74 Å². The van der Waals surface area contributed by atoms with E-state index in [1.807, 2.05) is 0 Å². The van der Waals surface area contributed by atoms with E-state index >= 15 is 0 Å². The Balaban J connectivity index is 1.05. The lowest BCUT2D eigenvalue weighted by Crippen LogP contribution is -2.66. The van der Waals surface area contributed by atoms with Crippen molar-refractivity contribution in [2.45, 2.75) is 88.2 Å². The summed E-state index contributed by atoms with van der Waals surface area (Å²) in [6.45, 7) is 6.13. The predicted molar refractivity (Wildman–Crippen MR) is 130 cm³/mol. The third kappa shape index (κ3) is 5.03. The molecule has 0 bridgehead atoms. The standard InChI is InChI=1S/C25H45N7O2/c1-31-16-26-30-22(31)12-25(14-34-15-25)18-4-2-5-19(10-18)28-24(33)21-11-20(13-32-8-3-9-32)27-23(29-21)17-6-7-17/h17-23,26-27,29-30H,2-16H2,1H3,(H,28,33). The van der Waals surface area contributed by atoms with Gasteiger partial charge in [0.25, 0.3) is 0 Å². The van der Waals surface area contributed by atoms with Crippen LogP contribution in [-0.2, 0) is 9.53 Å². The molecule has 5 N–H and O–H groups in total. The molecule has 192 valence electrons. The van der Waals surface area contributed by atoms with Crippen LogP contribution in [0.4, 0.5) is 0 Å². The summed E-state index contributed by atoms with van der Waals surface area (Å²) in [6, 6.07) is 0.643. The third-order valence-corrected chi connectivity index (χ3v) is 9.55. The first-order valence-electron chi connectivity index (χ1n) is 13.9. The highest BCUT2D eigenvalue weighted by molar-refractivity contribution is 5.82. The van der Waals surface area contributed by atoms with Crippen molar-refractivity contribution in [1.82, 2.24) is 36.6 Å². The van der Waals surface area contributed by atoms with Crippen molar-refractivity contribution in [3.8, 4) is 0 Å². The molecule has 6 rings (SSSR count). The first kappa shape index (κ1) is 23.6. The number of hydrazine groups is 1. The van der Waals surface area contributed by atoms with Crippen molar-refractivity contribution in [2.24, 2.45) is 17.3 Å². The Hall–Kier alpha value is -0.810. The van der Waals surface area contributed by atoms with E-state index < -0.39 is 0 Å². The highest BCUT2D eigenvalue weighted by atomic mass is 16.5. The minimum atomic E-state index is -0.0677. The maximum absolute atomic E-state index is 13.5. The lowest BCUT2D eigenvalue weighted by atomic mass is 9.64. The largest absolute Gasteiger partial charge is 0.380 e. The highest BCUT2D eigenvalue weighted by Crippen LogP contribution is 2.47. The molecule has 2 aliphatic carbocycles. The van der Waals surface area contributed by atoms with Gasteiger partial charge in [0.1, 0.15) is 0 Å². The fourth-order valence-corrected chi connectivity index (χ4v) is 6.99. The number of nitrogens with zero attached hydrogens (tertiary/aromatic N) is 2. The Morgan fingerprint density at radius 2 is 1.94 bits per heavy atom. The van der Waals surface area contributed by atoms with Gasteiger partial charge in [-0.25, -0.2) is 10.9 Å². The van der Waals surface area contributed by atoms with Gasteiger partial charge in [0.05, 0.1) is 38.3 Å². The van der Waals surface area contributed by atoms with Crippen LogP contribution in [0, 0.1) is 17.3 Å². The maximum atomic E-state index is 13.5. The Labute approximate surface area is 204 Å². The topological polar surface area (TPSA) is 92.9 Å². The maximum Gasteiger partial charge on any atom is 0.237 e. The average molecular weight is 476 g/mol. The number of carbonyl (C=O) groups excluding carboxylic acids is 1. The number of likely N-dealkylation sites (tertiary alicyclic amines) is 1. The molecule has 4 aliphatic heterocycles. The molecule has 0 aromatic carbocycles. The van der Waals surface area contributed by atoms with Gasteiger partial charge in [-0.2, -0.15) is 0 Å². The van der Waals surface area contributed by atoms with Crippen molar-refractivity contribution < 1.29 is 9.53 Å². The van der Waals surface area contributed by atoms with Gasteiger partial charge in [0.2, 0.25) is 5.91 Å². The predicted octanol–water partition coefficient (Wildman–Crippen LogP) is 0.153. The minimum absolute atomic E-state index is 0.0677. The molecule has 9 heteroatoms. The molecule has 0 spiro atoms. The summed E-state index contributed by atoms with van der Waals surface area (Å²) in [7, 11) is 2.17. The van der Waals surface area contributed by atoms with Crippen molar-refractivity contribution >= 4 is 5.91 Å². The first-order valence-corrected chi connectivity index (χ1v) is 13.9. The lowest BCUT2D eigenvalue weighted by molar-refractivity contribution is -0.166. The first-order chi connectivity index (χ1) is 16.6. The van der Waals surface area contributed by atoms with Crippen LogP contribution in [-0.4, -0.2) is 92.7 Å². The second-order valence-electron chi connectivity index (χ2n) is 12.2. The Kier molecular flexibility index (Phi) is 6.88. The Bertz CT molecular complexity index is 726. The van der Waals surface area contributed by atoms with Crippen LogP contribution in [0.2, 0.25) is 0 Å². The number of hydrogen-bond donors (Lipinski definition) is 5. The van der Waals surface area contributed by atoms with Crippen molar-refractivity contribution in [1.29, 1.82) is 0 Å². The van der Waals surface area contributed by atoms with E-state index in [2.05, 4.69) is 43.6 Å². The van der Waals surface area contributed by atoms with E-state index in [-0.39, 0.29) is 17.4 Å². The van der Waals surface area contributed by atoms with Crippen LogP contribution < -0.4 is 26.8 Å². The number of ether oxygens (including phenoxy) is 1. The second kappa shape index (κ2) is 9.92. The van der Waals surface area contributed by atoms with Gasteiger partial charge in [-0.05, 0) is 83.3 Å². The average Bonchev–Trinajstić information content (AvgIpc) is 3.56. The number of nitrogens with one attached hydrogen (secondary N) is 5. The molecule has 2 saturated carbocycles. The summed E-state index contributed by atoms with van der Waals surface area (Å²) in [4.78, 5) is 18.3. The van der Waals surface area contributed by atoms with Crippen LogP contribution in [0.5, 0.6) is 0 Å². The molecule has 0 radical (unpaired) electrons. The van der Waals surface area contributed by atoms with Crippen LogP contribution in [0.15, 0.2) is 0 Å². The minimum Gasteiger partial charge on any atom is -0.380 e. The van der Waals surface area contributed by atoms with E-state index in [0.717, 1.165) is 52.1 Å². The molecule has 6 aliphatic rings. The van der Waals surface area contributed by atoms with Crippen LogP contribution in [0.3, 0.4) is 0 Å². The van der Waals surface area contributed by atoms with Crippen molar-refractivity contribution in [2.75, 3.05) is 46.6 Å². The third-order valence-electron chi connectivity index (χ3n) is 9.55. The fourth-order valence-electron chi connectivity index (χ4n) is 6.99. The molecule has 6 atom stereocenters. The second-order valence-corrected chi connectivity index (χ2v) is 12.2. The summed E-state index contributed by atoms with van der Waals surface area (Å²) < 4.78 is 5.77. The smallest absolute Gasteiger partial charge is 0.237 e. The lowest BCUT2D eigenvalue weighted by Gasteiger charge is -2.51. The molecule has 6 fully saturated rings. The van der Waals surface area contributed by atoms with Gasteiger partial charge < -0.3 is 15.0 Å². The molecule has 9 nitrogen and oxygen atoms in total. The Morgan fingerprint density at radius 3 is 2.59 bits per heavy atom. The summed E-state index contributed by atoms with van der Waals surface area (Å²) in [5, 5.41) is 11.0. The molecule has 1 amide bonds. The van der Waals surface area contributed by atoms with E-state index in [1.54, 1.807) is 0 Å². The van der Waals surface area contributed by atoms with Crippen molar-refractivity contribution in [3.63, 3.8) is 0 Å². The molecule has 34 heavy (non-hydrogen) atoms. The highest BCUT2D eigenvalue weighted by Gasteiger charge is 2.49. The monoisotopic (exact) mass is 475 g/mol. The summed E-state index contributed by atoms with van der Waals surface area (Å²) in [6.07, 6.45) is 11.2. The van der Waals surface area contributed by atoms with Gasteiger partial charge in [0.15, 0.2) is 0 Å². The zero-order chi connectivity index (χ0) is 23.1. The van der Waals surface area contributed by atoms with Gasteiger partial charge in [-0.1, -0.05) is 6.42 Å². The molecule has 4 saturated heterocycles. The summed E-state index contributed by atoms with van der Waals surface area (Å²) in [5.41, 5.74) is 6.95. The number of rotatable bonds is 8. The van der Waals surface area contributed by atoms with Gasteiger partial charge in [0, 0.05) is 24.0 Å². The number of hydrogen-bond acceptors (Lipinski definition) is 8. The zero-order valence-electron chi connectivity index (χ0n) is 20.9. The summed E-state index contributed by atoms with van der Waals surface area (Å²) >= 11 is 0. The van der Waals surface area contributed by atoms with E-state index in [0.29, 0.717) is 36.3 Å². The molecular weight excluding hydrogens is 430 g/mol. The van der Waals surface area contributed by atoms with Gasteiger partial charge in [-0.15, -0.1) is 0 Å². The van der Waals surface area contributed by atoms with Gasteiger partial charge in [-0.3, -0.25) is 20.3 Å². The number of carbonyl (C=O) groups is 1. The number of amides is 1. The van der Waals surface area contributed by atoms with E-state index in [1.165, 1.54) is 45.2 Å². The van der Waals surface area contributed by atoms with E-state index in [9.17, 15) is 4.79 Å². The van der Waals surface area contributed by atoms with Crippen LogP contribution in [0.1, 0.15) is 57.8 Å². The van der Waals surface area contributed by atoms with Crippen molar-refractivity contribution in [3.05, 3.63) is 0 Å². The van der Waals surface area contributed by atoms with Gasteiger partial charge >= 0.3 is 0 Å². The summed E-state index contributed by atoms with van der Waals surface area (Å²) in [5.74, 6) is 1.55. The normalized spacial score (nSPS) is 41.0. The molecule has 0 aromatic heterocycles. The molecule has 0 aromatic rings.